The molecule has 0 bridgehead atoms. The minimum Gasteiger partial charge on any atom is -0.461 e. The molecule has 10 heteroatoms. The van der Waals surface area contributed by atoms with Crippen LogP contribution in [0, 0.1) is 6.92 Å². The maximum absolute atomic E-state index is 13.4. The van der Waals surface area contributed by atoms with Gasteiger partial charge in [0.25, 0.3) is 5.56 Å². The van der Waals surface area contributed by atoms with Gasteiger partial charge in [0, 0.05) is 24.7 Å². The lowest BCUT2D eigenvalue weighted by Crippen LogP contribution is -2.33. The molecule has 1 unspecified atom stereocenters. The van der Waals surface area contributed by atoms with Crippen LogP contribution >= 0.6 is 11.3 Å². The number of nitrogens with one attached hydrogen (secondary N) is 2. The Morgan fingerprint density at radius 3 is 2.32 bits per heavy atom. The lowest BCUT2D eigenvalue weighted by molar-refractivity contribution is -0.119. The Morgan fingerprint density at radius 2 is 1.68 bits per heavy atom. The van der Waals surface area contributed by atoms with E-state index in [1.54, 1.807) is 38.1 Å². The number of ether oxygens (including phenoxy) is 1. The molecule has 2 N–H and O–H groups in total. The second kappa shape index (κ2) is 11.8. The molecule has 0 spiro atoms. The van der Waals surface area contributed by atoms with Crippen LogP contribution in [0.4, 0.5) is 11.4 Å². The topological polar surface area (TPSA) is 119 Å². The number of carbonyl (C=O) groups excluding carboxylic acids is 3. The first-order chi connectivity index (χ1) is 18.3. The summed E-state index contributed by atoms with van der Waals surface area (Å²) in [5.41, 5.74) is 2.29. The molecule has 0 fully saturated rings. The predicted octanol–water partition coefficient (Wildman–Crippen LogP) is 4.71. The first-order valence-corrected chi connectivity index (χ1v) is 13.0. The zero-order valence-electron chi connectivity index (χ0n) is 21.3. The number of hydrogen-bond acceptors (Lipinski definition) is 7. The van der Waals surface area contributed by atoms with Crippen LogP contribution in [0.3, 0.4) is 0 Å². The maximum Gasteiger partial charge on any atom is 0.348 e. The third-order valence-electron chi connectivity index (χ3n) is 6.03. The number of thiophene rings is 1. The molecule has 0 saturated heterocycles. The summed E-state index contributed by atoms with van der Waals surface area (Å²) in [4.78, 5) is 55.6. The van der Waals surface area contributed by atoms with Gasteiger partial charge in [-0.25, -0.2) is 9.78 Å². The Balaban J connectivity index is 1.51. The van der Waals surface area contributed by atoms with E-state index in [0.717, 1.165) is 16.9 Å². The van der Waals surface area contributed by atoms with Crippen molar-refractivity contribution in [2.24, 2.45) is 0 Å². The highest BCUT2D eigenvalue weighted by Crippen LogP contribution is 2.28. The third kappa shape index (κ3) is 5.97. The summed E-state index contributed by atoms with van der Waals surface area (Å²) in [5.74, 6) is -1.07. The molecule has 0 radical (unpaired) electrons. The van der Waals surface area contributed by atoms with E-state index in [2.05, 4.69) is 15.6 Å². The highest BCUT2D eigenvalue weighted by atomic mass is 32.1. The van der Waals surface area contributed by atoms with Gasteiger partial charge in [-0.05, 0) is 48.7 Å². The van der Waals surface area contributed by atoms with E-state index in [-0.39, 0.29) is 18.4 Å². The molecule has 0 aliphatic carbocycles. The lowest BCUT2D eigenvalue weighted by atomic mass is 10.1. The van der Waals surface area contributed by atoms with Crippen molar-refractivity contribution in [1.29, 1.82) is 0 Å². The molecule has 0 aliphatic rings. The number of nitrogens with zero attached hydrogens (tertiary/aromatic N) is 2. The van der Waals surface area contributed by atoms with Crippen LogP contribution in [-0.4, -0.2) is 33.9 Å². The van der Waals surface area contributed by atoms with Crippen molar-refractivity contribution >= 4 is 50.7 Å². The molecule has 2 aromatic heterocycles. The van der Waals surface area contributed by atoms with Crippen LogP contribution in [-0.2, 0) is 20.7 Å². The van der Waals surface area contributed by atoms with Crippen LogP contribution < -0.4 is 16.2 Å². The standard InChI is InChI=1S/C28H28N4O5S/c1-4-22(25(34)31-21-12-10-20(11-13-21)30-18(3)33)32-16-29-26-23(27(32)35)17(2)24(38-26)28(36)37-15-14-19-8-6-5-7-9-19/h5-13,16,22H,4,14-15H2,1-3H3,(H,30,33)(H,31,34). The van der Waals surface area contributed by atoms with E-state index >= 15 is 0 Å². The molecular weight excluding hydrogens is 504 g/mol. The van der Waals surface area contributed by atoms with Crippen LogP contribution in [0.2, 0.25) is 0 Å². The molecule has 2 heterocycles. The first kappa shape index (κ1) is 26.7. The molecule has 1 atom stereocenters. The maximum atomic E-state index is 13.4. The fourth-order valence-corrected chi connectivity index (χ4v) is 5.13. The Hall–Kier alpha value is -4.31. The van der Waals surface area contributed by atoms with Crippen LogP contribution in [0.15, 0.2) is 65.7 Å². The fraction of sp³-hybridized carbons (Fsp3) is 0.250. The van der Waals surface area contributed by atoms with Gasteiger partial charge in [0.1, 0.15) is 15.7 Å². The number of aromatic nitrogens is 2. The molecule has 0 saturated carbocycles. The van der Waals surface area contributed by atoms with Crippen molar-refractivity contribution in [2.45, 2.75) is 39.7 Å². The van der Waals surface area contributed by atoms with E-state index < -0.39 is 17.6 Å². The van der Waals surface area contributed by atoms with E-state index in [1.807, 2.05) is 30.3 Å². The van der Waals surface area contributed by atoms with Gasteiger partial charge < -0.3 is 15.4 Å². The van der Waals surface area contributed by atoms with Gasteiger partial charge >= 0.3 is 5.97 Å². The minimum atomic E-state index is -0.810. The molecule has 38 heavy (non-hydrogen) atoms. The van der Waals surface area contributed by atoms with Crippen molar-refractivity contribution in [2.75, 3.05) is 17.2 Å². The van der Waals surface area contributed by atoms with Crippen molar-refractivity contribution < 1.29 is 19.1 Å². The Kier molecular flexibility index (Phi) is 8.32. The fourth-order valence-electron chi connectivity index (χ4n) is 4.10. The second-order valence-electron chi connectivity index (χ2n) is 8.74. The Labute approximate surface area is 223 Å². The zero-order chi connectivity index (χ0) is 27.2. The van der Waals surface area contributed by atoms with E-state index in [9.17, 15) is 19.2 Å². The van der Waals surface area contributed by atoms with Crippen molar-refractivity contribution in [3.63, 3.8) is 0 Å². The van der Waals surface area contributed by atoms with E-state index in [4.69, 9.17) is 4.74 Å². The Bertz CT molecular complexity index is 1530. The number of carbonyl (C=O) groups is 3. The second-order valence-corrected chi connectivity index (χ2v) is 9.74. The number of benzene rings is 2. The summed E-state index contributed by atoms with van der Waals surface area (Å²) in [5, 5.41) is 5.78. The molecule has 2 amide bonds. The van der Waals surface area contributed by atoms with Gasteiger partial charge in [0.05, 0.1) is 18.3 Å². The first-order valence-electron chi connectivity index (χ1n) is 12.2. The number of aryl methyl sites for hydroxylation is 1. The van der Waals surface area contributed by atoms with Crippen molar-refractivity contribution in [1.82, 2.24) is 9.55 Å². The summed E-state index contributed by atoms with van der Waals surface area (Å²) >= 11 is 1.11. The zero-order valence-corrected chi connectivity index (χ0v) is 22.1. The number of anilines is 2. The highest BCUT2D eigenvalue weighted by Gasteiger charge is 2.25. The Morgan fingerprint density at radius 1 is 1.03 bits per heavy atom. The SMILES string of the molecule is CCC(C(=O)Nc1ccc(NC(C)=O)cc1)n1cnc2sc(C(=O)OCCc3ccccc3)c(C)c2c1=O. The van der Waals surface area contributed by atoms with Gasteiger partial charge in [-0.15, -0.1) is 11.3 Å². The quantitative estimate of drug-likeness (QED) is 0.301. The van der Waals surface area contributed by atoms with Crippen molar-refractivity contribution in [3.8, 4) is 0 Å². The molecule has 196 valence electrons. The summed E-state index contributed by atoms with van der Waals surface area (Å²) in [6.45, 7) is 5.13. The van der Waals surface area contributed by atoms with E-state index in [0.29, 0.717) is 44.9 Å². The number of esters is 1. The van der Waals surface area contributed by atoms with Gasteiger partial charge in [0.15, 0.2) is 0 Å². The van der Waals surface area contributed by atoms with Crippen LogP contribution in [0.1, 0.15) is 47.1 Å². The third-order valence-corrected chi connectivity index (χ3v) is 7.21. The summed E-state index contributed by atoms with van der Waals surface area (Å²) in [7, 11) is 0. The minimum absolute atomic E-state index is 0.192. The van der Waals surface area contributed by atoms with Crippen LogP contribution in [0.25, 0.3) is 10.2 Å². The van der Waals surface area contributed by atoms with Gasteiger partial charge in [0.2, 0.25) is 11.8 Å². The lowest BCUT2D eigenvalue weighted by Gasteiger charge is -2.18. The number of hydrogen-bond donors (Lipinski definition) is 2. The number of amides is 2. The average Bonchev–Trinajstić information content (AvgIpc) is 3.24. The largest absolute Gasteiger partial charge is 0.461 e. The van der Waals surface area contributed by atoms with Crippen LogP contribution in [0.5, 0.6) is 0 Å². The smallest absolute Gasteiger partial charge is 0.348 e. The molecule has 4 aromatic rings. The molecule has 2 aromatic carbocycles. The normalized spacial score (nSPS) is 11.7. The average molecular weight is 533 g/mol. The molecule has 4 rings (SSSR count). The number of rotatable bonds is 9. The van der Waals surface area contributed by atoms with Gasteiger partial charge in [-0.2, -0.15) is 0 Å². The van der Waals surface area contributed by atoms with Gasteiger partial charge in [-0.3, -0.25) is 19.0 Å². The van der Waals surface area contributed by atoms with E-state index in [1.165, 1.54) is 17.8 Å². The molecule has 0 aliphatic heterocycles. The predicted molar refractivity (Wildman–Crippen MR) is 148 cm³/mol. The summed E-state index contributed by atoms with van der Waals surface area (Å²) < 4.78 is 6.76. The monoisotopic (exact) mass is 532 g/mol. The molecule has 9 nitrogen and oxygen atoms in total. The highest BCUT2D eigenvalue weighted by molar-refractivity contribution is 7.20. The van der Waals surface area contributed by atoms with Gasteiger partial charge in [-0.1, -0.05) is 37.3 Å². The summed E-state index contributed by atoms with van der Waals surface area (Å²) in [6, 6.07) is 15.6. The van der Waals surface area contributed by atoms with Crippen molar-refractivity contribution in [3.05, 3.63) is 87.3 Å². The summed E-state index contributed by atoms with van der Waals surface area (Å²) in [6.07, 6.45) is 2.28. The number of fused-ring (bicyclic) bond motifs is 1. The molecular formula is C28H28N4O5S.